The summed E-state index contributed by atoms with van der Waals surface area (Å²) in [5.41, 5.74) is 2.48. The van der Waals surface area contributed by atoms with Gasteiger partial charge in [0.1, 0.15) is 11.6 Å². The molecule has 1 N–H and O–H groups in total. The highest BCUT2D eigenvalue weighted by Crippen LogP contribution is 2.29. The van der Waals surface area contributed by atoms with E-state index in [-0.39, 0.29) is 24.0 Å². The molecule has 0 aromatic heterocycles. The van der Waals surface area contributed by atoms with E-state index in [0.29, 0.717) is 5.02 Å². The Kier molecular flexibility index (Phi) is 6.95. The van der Waals surface area contributed by atoms with Crippen LogP contribution in [-0.2, 0) is 22.1 Å². The third-order valence-electron chi connectivity index (χ3n) is 4.21. The number of hydrogen-bond acceptors (Lipinski definition) is 2. The van der Waals surface area contributed by atoms with E-state index in [4.69, 9.17) is 11.6 Å². The number of benzene rings is 3. The lowest BCUT2D eigenvalue weighted by molar-refractivity contribution is -0.118. The summed E-state index contributed by atoms with van der Waals surface area (Å²) in [6, 6.07) is 22.5. The van der Waals surface area contributed by atoms with Gasteiger partial charge in [0.05, 0.1) is 5.25 Å². The average Bonchev–Trinajstić information content (AvgIpc) is 2.70. The van der Waals surface area contributed by atoms with Crippen LogP contribution in [0.4, 0.5) is 4.39 Å². The Balaban J connectivity index is 1.71. The van der Waals surface area contributed by atoms with Crippen molar-refractivity contribution >= 4 is 28.3 Å². The first-order valence-electron chi connectivity index (χ1n) is 8.71. The fourth-order valence-corrected chi connectivity index (χ4v) is 4.40. The first-order chi connectivity index (χ1) is 13.5. The maximum absolute atomic E-state index is 13.1. The topological polar surface area (TPSA) is 46.2 Å². The summed E-state index contributed by atoms with van der Waals surface area (Å²) in [6.07, 6.45) is 0. The second-order valence-electron chi connectivity index (χ2n) is 6.27. The fraction of sp³-hybridized carbons (Fsp3) is 0.136. The molecule has 144 valence electrons. The van der Waals surface area contributed by atoms with Gasteiger partial charge in [0, 0.05) is 22.4 Å². The predicted octanol–water partition coefficient (Wildman–Crippen LogP) is 4.63. The summed E-state index contributed by atoms with van der Waals surface area (Å²) in [5.74, 6) is -0.786. The Labute approximate surface area is 171 Å². The number of rotatable bonds is 7. The Morgan fingerprint density at radius 3 is 2.18 bits per heavy atom. The van der Waals surface area contributed by atoms with Gasteiger partial charge in [-0.1, -0.05) is 66.2 Å². The molecule has 0 aliphatic carbocycles. The molecule has 3 aromatic carbocycles. The quantitative estimate of drug-likeness (QED) is 0.611. The number of carbonyl (C=O) groups is 1. The molecule has 0 aliphatic heterocycles. The predicted molar refractivity (Wildman–Crippen MR) is 111 cm³/mol. The summed E-state index contributed by atoms with van der Waals surface area (Å²) < 4.78 is 26.0. The van der Waals surface area contributed by atoms with Crippen LogP contribution in [0.25, 0.3) is 0 Å². The second-order valence-corrected chi connectivity index (χ2v) is 8.23. The summed E-state index contributed by atoms with van der Waals surface area (Å²) in [4.78, 5) is 12.3. The van der Waals surface area contributed by atoms with Crippen LogP contribution in [-0.4, -0.2) is 15.9 Å². The van der Waals surface area contributed by atoms with Crippen molar-refractivity contribution in [1.82, 2.24) is 5.32 Å². The van der Waals surface area contributed by atoms with Crippen LogP contribution in [0.1, 0.15) is 21.9 Å². The Bertz CT molecular complexity index is 947. The summed E-state index contributed by atoms with van der Waals surface area (Å²) >= 11 is 5.97. The molecule has 0 spiro atoms. The Morgan fingerprint density at radius 2 is 1.54 bits per heavy atom. The van der Waals surface area contributed by atoms with Crippen molar-refractivity contribution in [3.8, 4) is 0 Å². The molecule has 3 aromatic rings. The van der Waals surface area contributed by atoms with Crippen molar-refractivity contribution in [1.29, 1.82) is 0 Å². The van der Waals surface area contributed by atoms with E-state index in [2.05, 4.69) is 5.32 Å². The van der Waals surface area contributed by atoms with Crippen molar-refractivity contribution in [3.63, 3.8) is 0 Å². The molecule has 2 atom stereocenters. The van der Waals surface area contributed by atoms with E-state index < -0.39 is 16.0 Å². The van der Waals surface area contributed by atoms with Crippen molar-refractivity contribution in [2.75, 3.05) is 5.75 Å². The molecule has 0 radical (unpaired) electrons. The highest BCUT2D eigenvalue weighted by molar-refractivity contribution is 7.86. The van der Waals surface area contributed by atoms with Gasteiger partial charge in [0.15, 0.2) is 0 Å². The first kappa shape index (κ1) is 20.2. The zero-order valence-electron chi connectivity index (χ0n) is 15.0. The van der Waals surface area contributed by atoms with Crippen LogP contribution < -0.4 is 5.32 Å². The highest BCUT2D eigenvalue weighted by Gasteiger charge is 2.23. The molecule has 3 nitrogen and oxygen atoms in total. The standard InChI is InChI=1S/C22H19ClFNO2S/c23-19-10-8-18(9-11-19)22(17-4-2-1-3-5-17)28(27)15-21(26)25-14-16-6-12-20(24)13-7-16/h1-13,22H,14-15H2,(H,25,26). The molecule has 0 saturated heterocycles. The van der Waals surface area contributed by atoms with Gasteiger partial charge in [-0.25, -0.2) is 4.39 Å². The van der Waals surface area contributed by atoms with Crippen LogP contribution in [0.15, 0.2) is 78.9 Å². The average molecular weight is 416 g/mol. The van der Waals surface area contributed by atoms with Gasteiger partial charge >= 0.3 is 0 Å². The van der Waals surface area contributed by atoms with Gasteiger partial charge in [-0.3, -0.25) is 9.00 Å². The van der Waals surface area contributed by atoms with E-state index in [1.54, 1.807) is 24.3 Å². The monoisotopic (exact) mass is 415 g/mol. The zero-order valence-corrected chi connectivity index (χ0v) is 16.6. The molecule has 28 heavy (non-hydrogen) atoms. The molecule has 0 bridgehead atoms. The van der Waals surface area contributed by atoms with Crippen molar-refractivity contribution in [2.24, 2.45) is 0 Å². The van der Waals surface area contributed by atoms with Crippen LogP contribution in [0.3, 0.4) is 0 Å². The van der Waals surface area contributed by atoms with Gasteiger partial charge in [-0.2, -0.15) is 0 Å². The lowest BCUT2D eigenvalue weighted by atomic mass is 10.0. The van der Waals surface area contributed by atoms with Gasteiger partial charge < -0.3 is 5.32 Å². The molecule has 0 aliphatic rings. The molecule has 1 amide bonds. The van der Waals surface area contributed by atoms with Crippen molar-refractivity contribution in [3.05, 3.63) is 106 Å². The van der Waals surface area contributed by atoms with E-state index >= 15 is 0 Å². The van der Waals surface area contributed by atoms with E-state index in [1.165, 1.54) is 12.1 Å². The van der Waals surface area contributed by atoms with E-state index in [1.807, 2.05) is 42.5 Å². The van der Waals surface area contributed by atoms with Gasteiger partial charge in [-0.05, 0) is 41.0 Å². The first-order valence-corrected chi connectivity index (χ1v) is 10.5. The largest absolute Gasteiger partial charge is 0.351 e. The molecule has 0 fully saturated rings. The SMILES string of the molecule is O=C(CS(=O)C(c1ccccc1)c1ccc(Cl)cc1)NCc1ccc(F)cc1. The fourth-order valence-electron chi connectivity index (χ4n) is 2.83. The number of amides is 1. The van der Waals surface area contributed by atoms with Crippen LogP contribution in [0, 0.1) is 5.82 Å². The molecule has 6 heteroatoms. The van der Waals surface area contributed by atoms with Crippen LogP contribution in [0.2, 0.25) is 5.02 Å². The summed E-state index contributed by atoms with van der Waals surface area (Å²) in [5, 5.41) is 2.90. The third-order valence-corrected chi connectivity index (χ3v) is 6.08. The second kappa shape index (κ2) is 9.62. The smallest absolute Gasteiger partial charge is 0.232 e. The van der Waals surface area contributed by atoms with E-state index in [0.717, 1.165) is 16.7 Å². The molecular formula is C22H19ClFNO2S. The number of nitrogens with one attached hydrogen (secondary N) is 1. The van der Waals surface area contributed by atoms with Crippen LogP contribution >= 0.6 is 11.6 Å². The van der Waals surface area contributed by atoms with Gasteiger partial charge in [0.25, 0.3) is 0 Å². The molecule has 0 saturated carbocycles. The minimum absolute atomic E-state index is 0.136. The highest BCUT2D eigenvalue weighted by atomic mass is 35.5. The van der Waals surface area contributed by atoms with Gasteiger partial charge in [-0.15, -0.1) is 0 Å². The normalized spacial score (nSPS) is 12.9. The number of carbonyl (C=O) groups excluding carboxylic acids is 1. The summed E-state index contributed by atoms with van der Waals surface area (Å²) in [6.45, 7) is 0.257. The Hall–Kier alpha value is -2.50. The Morgan fingerprint density at radius 1 is 0.929 bits per heavy atom. The summed E-state index contributed by atoms with van der Waals surface area (Å²) in [7, 11) is -1.47. The van der Waals surface area contributed by atoms with E-state index in [9.17, 15) is 13.4 Å². The van der Waals surface area contributed by atoms with Crippen molar-refractivity contribution in [2.45, 2.75) is 11.8 Å². The van der Waals surface area contributed by atoms with Crippen molar-refractivity contribution < 1.29 is 13.4 Å². The minimum atomic E-state index is -1.47. The lowest BCUT2D eigenvalue weighted by Gasteiger charge is -2.18. The lowest BCUT2D eigenvalue weighted by Crippen LogP contribution is -2.29. The maximum Gasteiger partial charge on any atom is 0.232 e. The molecule has 2 unspecified atom stereocenters. The molecule has 0 heterocycles. The minimum Gasteiger partial charge on any atom is -0.351 e. The third kappa shape index (κ3) is 5.50. The zero-order chi connectivity index (χ0) is 19.9. The number of hydrogen-bond donors (Lipinski definition) is 1. The molecule has 3 rings (SSSR count). The molecular weight excluding hydrogens is 397 g/mol. The van der Waals surface area contributed by atoms with Gasteiger partial charge in [0.2, 0.25) is 5.91 Å². The van der Waals surface area contributed by atoms with Crippen LogP contribution in [0.5, 0.6) is 0 Å². The number of halogens is 2. The maximum atomic E-state index is 13.1.